The molecule has 0 unspecified atom stereocenters. The van der Waals surface area contributed by atoms with Crippen LogP contribution in [0.2, 0.25) is 0 Å². The van der Waals surface area contributed by atoms with Gasteiger partial charge in [-0.2, -0.15) is 0 Å². The topological polar surface area (TPSA) is 50.5 Å². The predicted octanol–water partition coefficient (Wildman–Crippen LogP) is 2.67. The molecule has 1 aromatic carbocycles. The minimum Gasteiger partial charge on any atom is -0.430 e. The molecule has 5 heteroatoms. The summed E-state index contributed by atoms with van der Waals surface area (Å²) in [6.07, 6.45) is 1.18. The van der Waals surface area contributed by atoms with E-state index in [-0.39, 0.29) is 5.91 Å². The Balaban J connectivity index is 2.14. The maximum Gasteiger partial charge on any atom is 0.335 e. The zero-order chi connectivity index (χ0) is 13.8. The minimum atomic E-state index is -0.468. The Morgan fingerprint density at radius 2 is 2.00 bits per heavy atom. The summed E-state index contributed by atoms with van der Waals surface area (Å²) in [5, 5.41) is 0. The molecule has 0 aliphatic heterocycles. The van der Waals surface area contributed by atoms with Crippen molar-refractivity contribution < 1.29 is 9.21 Å². The summed E-state index contributed by atoms with van der Waals surface area (Å²) in [6, 6.07) is 10.4. The van der Waals surface area contributed by atoms with Crippen molar-refractivity contribution in [1.82, 2.24) is 4.90 Å². The van der Waals surface area contributed by atoms with E-state index in [1.54, 1.807) is 11.9 Å². The quantitative estimate of drug-likeness (QED) is 0.873. The summed E-state index contributed by atoms with van der Waals surface area (Å²) in [4.78, 5) is 24.5. The van der Waals surface area contributed by atoms with Gasteiger partial charge < -0.3 is 9.32 Å². The summed E-state index contributed by atoms with van der Waals surface area (Å²) < 4.78 is 5.64. The SMILES string of the molecule is CN(Cc1ccccc1Br)C(=O)c1ccc(=O)oc1. The van der Waals surface area contributed by atoms with Gasteiger partial charge >= 0.3 is 5.63 Å². The lowest BCUT2D eigenvalue weighted by molar-refractivity contribution is 0.0782. The van der Waals surface area contributed by atoms with Gasteiger partial charge in [0.25, 0.3) is 5.91 Å². The van der Waals surface area contributed by atoms with Gasteiger partial charge in [0.1, 0.15) is 6.26 Å². The fourth-order valence-corrected chi connectivity index (χ4v) is 2.06. The Morgan fingerprint density at radius 1 is 1.26 bits per heavy atom. The third-order valence-corrected chi connectivity index (χ3v) is 3.43. The molecule has 98 valence electrons. The fraction of sp³-hybridized carbons (Fsp3) is 0.143. The minimum absolute atomic E-state index is 0.195. The maximum atomic E-state index is 12.1. The second-order valence-electron chi connectivity index (χ2n) is 4.10. The number of benzene rings is 1. The Hall–Kier alpha value is -1.88. The summed E-state index contributed by atoms with van der Waals surface area (Å²) in [7, 11) is 1.70. The van der Waals surface area contributed by atoms with E-state index in [9.17, 15) is 9.59 Å². The van der Waals surface area contributed by atoms with Crippen LogP contribution in [0.5, 0.6) is 0 Å². The van der Waals surface area contributed by atoms with Crippen molar-refractivity contribution in [3.05, 3.63) is 68.7 Å². The Kier molecular flexibility index (Phi) is 4.16. The first-order valence-corrected chi connectivity index (χ1v) is 6.45. The number of halogens is 1. The zero-order valence-corrected chi connectivity index (χ0v) is 11.9. The van der Waals surface area contributed by atoms with Crippen molar-refractivity contribution in [2.75, 3.05) is 7.05 Å². The predicted molar refractivity (Wildman–Crippen MR) is 74.9 cm³/mol. The number of nitrogens with zero attached hydrogens (tertiary/aromatic N) is 1. The van der Waals surface area contributed by atoms with Crippen molar-refractivity contribution in [2.24, 2.45) is 0 Å². The third-order valence-electron chi connectivity index (χ3n) is 2.66. The van der Waals surface area contributed by atoms with Crippen molar-refractivity contribution in [3.8, 4) is 0 Å². The number of carbonyl (C=O) groups is 1. The number of hydrogen-bond donors (Lipinski definition) is 0. The molecule has 0 atom stereocenters. The van der Waals surface area contributed by atoms with E-state index in [4.69, 9.17) is 4.42 Å². The summed E-state index contributed by atoms with van der Waals surface area (Å²) >= 11 is 3.44. The molecule has 1 heterocycles. The zero-order valence-electron chi connectivity index (χ0n) is 10.3. The first-order chi connectivity index (χ1) is 9.08. The Morgan fingerprint density at radius 3 is 2.63 bits per heavy atom. The van der Waals surface area contributed by atoms with Gasteiger partial charge in [0.2, 0.25) is 0 Å². The van der Waals surface area contributed by atoms with Gasteiger partial charge in [0.05, 0.1) is 5.56 Å². The molecule has 0 saturated carbocycles. The molecule has 0 bridgehead atoms. The van der Waals surface area contributed by atoms with Gasteiger partial charge in [-0.3, -0.25) is 4.79 Å². The summed E-state index contributed by atoms with van der Waals surface area (Å²) in [5.41, 5.74) is 0.898. The number of rotatable bonds is 3. The fourth-order valence-electron chi connectivity index (χ4n) is 1.65. The van der Waals surface area contributed by atoms with Crippen LogP contribution >= 0.6 is 15.9 Å². The molecule has 2 aromatic rings. The van der Waals surface area contributed by atoms with Crippen molar-refractivity contribution in [1.29, 1.82) is 0 Å². The Labute approximate surface area is 118 Å². The van der Waals surface area contributed by atoms with Crippen LogP contribution in [0.15, 0.2) is 56.3 Å². The molecule has 0 radical (unpaired) electrons. The molecule has 1 amide bonds. The van der Waals surface area contributed by atoms with Crippen LogP contribution in [-0.2, 0) is 6.54 Å². The van der Waals surface area contributed by atoms with E-state index in [1.165, 1.54) is 18.4 Å². The van der Waals surface area contributed by atoms with Crippen molar-refractivity contribution >= 4 is 21.8 Å². The van der Waals surface area contributed by atoms with Gasteiger partial charge in [-0.25, -0.2) is 4.79 Å². The number of hydrogen-bond acceptors (Lipinski definition) is 3. The van der Waals surface area contributed by atoms with Gasteiger partial charge in [0, 0.05) is 24.1 Å². The van der Waals surface area contributed by atoms with E-state index < -0.39 is 5.63 Å². The molecule has 0 aliphatic rings. The lowest BCUT2D eigenvalue weighted by atomic mass is 10.2. The van der Waals surface area contributed by atoms with E-state index in [1.807, 2.05) is 24.3 Å². The van der Waals surface area contributed by atoms with E-state index in [0.29, 0.717) is 12.1 Å². The molecule has 0 saturated heterocycles. The second-order valence-corrected chi connectivity index (χ2v) is 4.95. The van der Waals surface area contributed by atoms with Crippen LogP contribution in [0.25, 0.3) is 0 Å². The average molecular weight is 322 g/mol. The normalized spacial score (nSPS) is 10.2. The molecule has 4 nitrogen and oxygen atoms in total. The summed E-state index contributed by atoms with van der Waals surface area (Å²) in [5.74, 6) is -0.195. The van der Waals surface area contributed by atoms with E-state index in [2.05, 4.69) is 15.9 Å². The molecular weight excluding hydrogens is 310 g/mol. The van der Waals surface area contributed by atoms with Crippen molar-refractivity contribution in [2.45, 2.75) is 6.54 Å². The largest absolute Gasteiger partial charge is 0.430 e. The molecule has 0 aliphatic carbocycles. The monoisotopic (exact) mass is 321 g/mol. The first kappa shape index (κ1) is 13.5. The lowest BCUT2D eigenvalue weighted by Crippen LogP contribution is -2.26. The molecule has 2 rings (SSSR count). The Bertz CT molecular complexity index is 631. The summed E-state index contributed by atoms with van der Waals surface area (Å²) in [6.45, 7) is 0.472. The number of carbonyl (C=O) groups excluding carboxylic acids is 1. The average Bonchev–Trinajstić information content (AvgIpc) is 2.41. The molecule has 1 aromatic heterocycles. The highest BCUT2D eigenvalue weighted by Crippen LogP contribution is 2.18. The lowest BCUT2D eigenvalue weighted by Gasteiger charge is -2.17. The standard InChI is InChI=1S/C14H12BrNO3/c1-16(8-10-4-2-3-5-12(10)15)14(18)11-6-7-13(17)19-9-11/h2-7,9H,8H2,1H3. The maximum absolute atomic E-state index is 12.1. The van der Waals surface area contributed by atoms with Crippen LogP contribution in [0, 0.1) is 0 Å². The van der Waals surface area contributed by atoms with Gasteiger partial charge in [0.15, 0.2) is 0 Å². The molecule has 0 N–H and O–H groups in total. The van der Waals surface area contributed by atoms with Gasteiger partial charge in [-0.05, 0) is 17.7 Å². The highest BCUT2D eigenvalue weighted by atomic mass is 79.9. The van der Waals surface area contributed by atoms with Gasteiger partial charge in [-0.15, -0.1) is 0 Å². The highest BCUT2D eigenvalue weighted by Gasteiger charge is 2.13. The van der Waals surface area contributed by atoms with Gasteiger partial charge in [-0.1, -0.05) is 34.1 Å². The van der Waals surface area contributed by atoms with Crippen LogP contribution in [0.4, 0.5) is 0 Å². The van der Waals surface area contributed by atoms with E-state index in [0.717, 1.165) is 10.0 Å². The highest BCUT2D eigenvalue weighted by molar-refractivity contribution is 9.10. The van der Waals surface area contributed by atoms with Crippen LogP contribution < -0.4 is 5.63 Å². The molecule has 0 fully saturated rings. The molecule has 19 heavy (non-hydrogen) atoms. The van der Waals surface area contributed by atoms with Crippen LogP contribution in [0.1, 0.15) is 15.9 Å². The number of amides is 1. The van der Waals surface area contributed by atoms with Crippen LogP contribution in [-0.4, -0.2) is 17.9 Å². The third kappa shape index (κ3) is 3.32. The van der Waals surface area contributed by atoms with Crippen LogP contribution in [0.3, 0.4) is 0 Å². The molecule has 0 spiro atoms. The van der Waals surface area contributed by atoms with E-state index >= 15 is 0 Å². The first-order valence-electron chi connectivity index (χ1n) is 5.65. The second kappa shape index (κ2) is 5.84. The van der Waals surface area contributed by atoms with Crippen molar-refractivity contribution in [3.63, 3.8) is 0 Å². The molecular formula is C14H12BrNO3. The smallest absolute Gasteiger partial charge is 0.335 e.